The van der Waals surface area contributed by atoms with Crippen molar-refractivity contribution in [2.45, 2.75) is 32.8 Å². The van der Waals surface area contributed by atoms with Crippen LogP contribution in [0.5, 0.6) is 0 Å². The van der Waals surface area contributed by atoms with E-state index in [1.165, 1.54) is 11.0 Å². The van der Waals surface area contributed by atoms with Gasteiger partial charge < -0.3 is 19.3 Å². The quantitative estimate of drug-likeness (QED) is 0.646. The van der Waals surface area contributed by atoms with Crippen molar-refractivity contribution in [1.82, 2.24) is 14.7 Å². The molecule has 0 bridgehead atoms. The molecule has 0 saturated carbocycles. The molecular weight excluding hydrogens is 414 g/mol. The normalized spacial score (nSPS) is 20.8. The van der Waals surface area contributed by atoms with Crippen LogP contribution in [0.3, 0.4) is 0 Å². The molecule has 1 aromatic rings. The van der Waals surface area contributed by atoms with Crippen molar-refractivity contribution in [3.8, 4) is 0 Å². The lowest BCUT2D eigenvalue weighted by Gasteiger charge is -2.34. The third-order valence-corrected chi connectivity index (χ3v) is 5.99. The van der Waals surface area contributed by atoms with E-state index < -0.39 is 0 Å². The van der Waals surface area contributed by atoms with E-state index in [4.69, 9.17) is 9.47 Å². The fourth-order valence-electron chi connectivity index (χ4n) is 4.19. The van der Waals surface area contributed by atoms with Crippen molar-refractivity contribution in [2.75, 3.05) is 45.9 Å². The van der Waals surface area contributed by atoms with Crippen molar-refractivity contribution >= 4 is 23.8 Å². The fourth-order valence-corrected chi connectivity index (χ4v) is 4.19. The van der Waals surface area contributed by atoms with Crippen LogP contribution in [0.2, 0.25) is 0 Å². The molecule has 4 rings (SSSR count). The van der Waals surface area contributed by atoms with Crippen LogP contribution in [-0.2, 0) is 9.47 Å². The number of hydrogen-bond donors (Lipinski definition) is 0. The maximum absolute atomic E-state index is 13.0. The Balaban J connectivity index is 1.38. The summed E-state index contributed by atoms with van der Waals surface area (Å²) in [6, 6.07) is 4.65. The van der Waals surface area contributed by atoms with Gasteiger partial charge in [0.25, 0.3) is 17.7 Å². The molecule has 1 aromatic carbocycles. The zero-order chi connectivity index (χ0) is 22.8. The molecule has 32 heavy (non-hydrogen) atoms. The monoisotopic (exact) mass is 443 g/mol. The van der Waals surface area contributed by atoms with Gasteiger partial charge in [0.2, 0.25) is 0 Å². The number of nitrogens with zero attached hydrogens (tertiary/aromatic N) is 3. The molecule has 9 nitrogen and oxygen atoms in total. The van der Waals surface area contributed by atoms with Crippen molar-refractivity contribution in [1.29, 1.82) is 0 Å². The second-order valence-corrected chi connectivity index (χ2v) is 8.87. The van der Waals surface area contributed by atoms with Gasteiger partial charge in [-0.1, -0.05) is 13.8 Å². The topological polar surface area (TPSA) is 96.5 Å². The number of ether oxygens (including phenoxy) is 2. The van der Waals surface area contributed by atoms with Crippen LogP contribution >= 0.6 is 0 Å². The molecule has 2 saturated heterocycles. The summed E-state index contributed by atoms with van der Waals surface area (Å²) in [6.07, 6.45) is 1.27. The first kappa shape index (κ1) is 22.3. The lowest BCUT2D eigenvalue weighted by atomic mass is 10.0. The average molecular weight is 444 g/mol. The molecule has 0 N–H and O–H groups in total. The molecule has 0 radical (unpaired) electrons. The Bertz CT molecular complexity index is 916. The highest BCUT2D eigenvalue weighted by molar-refractivity contribution is 6.22. The SMILES string of the molecule is CC(C)COC(=O)N1CCN(C(=O)c2ccc3c(c2)C(=O)N(CC2CCCO2)C3=O)CC1. The smallest absolute Gasteiger partial charge is 0.409 e. The predicted octanol–water partition coefficient (Wildman–Crippen LogP) is 2.01. The first-order valence-corrected chi connectivity index (χ1v) is 11.2. The van der Waals surface area contributed by atoms with Crippen LogP contribution in [-0.4, -0.2) is 90.6 Å². The fraction of sp³-hybridized carbons (Fsp3) is 0.565. The number of carbonyl (C=O) groups excluding carboxylic acids is 4. The number of carbonyl (C=O) groups is 4. The molecule has 1 unspecified atom stereocenters. The summed E-state index contributed by atoms with van der Waals surface area (Å²) in [4.78, 5) is 55.1. The second-order valence-electron chi connectivity index (χ2n) is 8.87. The molecule has 0 spiro atoms. The van der Waals surface area contributed by atoms with E-state index in [2.05, 4.69) is 0 Å². The minimum absolute atomic E-state index is 0.123. The van der Waals surface area contributed by atoms with E-state index in [-0.39, 0.29) is 47.9 Å². The molecule has 4 amide bonds. The molecule has 0 aromatic heterocycles. The van der Waals surface area contributed by atoms with Crippen molar-refractivity contribution in [3.63, 3.8) is 0 Å². The number of hydrogen-bond acceptors (Lipinski definition) is 6. The molecule has 2 fully saturated rings. The van der Waals surface area contributed by atoms with Gasteiger partial charge in [-0.25, -0.2) is 4.79 Å². The van der Waals surface area contributed by atoms with E-state index in [1.54, 1.807) is 21.9 Å². The Morgan fingerprint density at radius 3 is 2.41 bits per heavy atom. The van der Waals surface area contributed by atoms with Crippen LogP contribution in [0.25, 0.3) is 0 Å². The van der Waals surface area contributed by atoms with Gasteiger partial charge in [-0.15, -0.1) is 0 Å². The number of piperazine rings is 1. The third-order valence-electron chi connectivity index (χ3n) is 5.99. The number of amides is 4. The number of rotatable bonds is 5. The molecule has 9 heteroatoms. The van der Waals surface area contributed by atoms with Crippen molar-refractivity contribution in [3.05, 3.63) is 34.9 Å². The predicted molar refractivity (Wildman–Crippen MR) is 114 cm³/mol. The zero-order valence-electron chi connectivity index (χ0n) is 18.5. The summed E-state index contributed by atoms with van der Waals surface area (Å²) in [6.45, 7) is 6.74. The summed E-state index contributed by atoms with van der Waals surface area (Å²) < 4.78 is 10.8. The van der Waals surface area contributed by atoms with Crippen LogP contribution in [0, 0.1) is 5.92 Å². The van der Waals surface area contributed by atoms with E-state index in [0.29, 0.717) is 50.5 Å². The molecule has 3 aliphatic heterocycles. The van der Waals surface area contributed by atoms with Crippen LogP contribution in [0.15, 0.2) is 18.2 Å². The van der Waals surface area contributed by atoms with Crippen LogP contribution in [0.1, 0.15) is 57.8 Å². The molecule has 3 aliphatic rings. The highest BCUT2D eigenvalue weighted by atomic mass is 16.6. The Labute approximate surface area is 187 Å². The van der Waals surface area contributed by atoms with Gasteiger partial charge >= 0.3 is 6.09 Å². The second kappa shape index (κ2) is 9.28. The van der Waals surface area contributed by atoms with Gasteiger partial charge in [0.1, 0.15) is 0 Å². The Morgan fingerprint density at radius 2 is 1.75 bits per heavy atom. The van der Waals surface area contributed by atoms with Gasteiger partial charge in [-0.05, 0) is 37.0 Å². The molecule has 172 valence electrons. The average Bonchev–Trinajstić information content (AvgIpc) is 3.40. The van der Waals surface area contributed by atoms with E-state index >= 15 is 0 Å². The van der Waals surface area contributed by atoms with Gasteiger partial charge in [-0.3, -0.25) is 19.3 Å². The summed E-state index contributed by atoms with van der Waals surface area (Å²) in [5, 5.41) is 0. The van der Waals surface area contributed by atoms with Gasteiger partial charge in [0.05, 0.1) is 30.4 Å². The van der Waals surface area contributed by atoms with Crippen molar-refractivity contribution in [2.24, 2.45) is 5.92 Å². The molecule has 0 aliphatic carbocycles. The standard InChI is InChI=1S/C23H29N3O6/c1-15(2)14-32-23(30)25-9-7-24(8-10-25)20(27)16-5-6-18-19(12-16)22(29)26(21(18)28)13-17-4-3-11-31-17/h5-6,12,15,17H,3-4,7-11,13-14H2,1-2H3. The van der Waals surface area contributed by atoms with Crippen LogP contribution in [0.4, 0.5) is 4.79 Å². The van der Waals surface area contributed by atoms with Gasteiger partial charge in [0, 0.05) is 38.3 Å². The number of fused-ring (bicyclic) bond motifs is 1. The Hall–Kier alpha value is -2.94. The number of benzene rings is 1. The molecular formula is C23H29N3O6. The summed E-state index contributed by atoms with van der Waals surface area (Å²) in [7, 11) is 0. The summed E-state index contributed by atoms with van der Waals surface area (Å²) in [5.41, 5.74) is 0.941. The first-order chi connectivity index (χ1) is 15.3. The maximum atomic E-state index is 13.0. The highest BCUT2D eigenvalue weighted by Gasteiger charge is 2.38. The highest BCUT2D eigenvalue weighted by Crippen LogP contribution is 2.26. The van der Waals surface area contributed by atoms with Gasteiger partial charge in [0.15, 0.2) is 0 Å². The largest absolute Gasteiger partial charge is 0.449 e. The van der Waals surface area contributed by atoms with E-state index in [9.17, 15) is 19.2 Å². The Kier molecular flexibility index (Phi) is 6.45. The van der Waals surface area contributed by atoms with Crippen molar-refractivity contribution < 1.29 is 28.7 Å². The molecule has 1 atom stereocenters. The van der Waals surface area contributed by atoms with Gasteiger partial charge in [-0.2, -0.15) is 0 Å². The Morgan fingerprint density at radius 1 is 1.06 bits per heavy atom. The summed E-state index contributed by atoms with van der Waals surface area (Å²) >= 11 is 0. The molecule has 3 heterocycles. The summed E-state index contributed by atoms with van der Waals surface area (Å²) in [5.74, 6) is -0.681. The lowest BCUT2D eigenvalue weighted by molar-refractivity contribution is 0.0475. The minimum atomic E-state index is -0.382. The lowest BCUT2D eigenvalue weighted by Crippen LogP contribution is -2.50. The van der Waals surface area contributed by atoms with E-state index in [0.717, 1.165) is 12.8 Å². The van der Waals surface area contributed by atoms with E-state index in [1.807, 2.05) is 13.8 Å². The number of imide groups is 1. The van der Waals surface area contributed by atoms with Crippen LogP contribution < -0.4 is 0 Å². The third kappa shape index (κ3) is 4.48. The first-order valence-electron chi connectivity index (χ1n) is 11.2. The minimum Gasteiger partial charge on any atom is -0.449 e. The zero-order valence-corrected chi connectivity index (χ0v) is 18.5. The maximum Gasteiger partial charge on any atom is 0.409 e.